The number of rotatable bonds is 10. The zero-order valence-electron chi connectivity index (χ0n) is 21.8. The summed E-state index contributed by atoms with van der Waals surface area (Å²) in [4.78, 5) is 2.52. The van der Waals surface area contributed by atoms with Crippen molar-refractivity contribution in [2.45, 2.75) is 32.1 Å². The van der Waals surface area contributed by atoms with E-state index in [4.69, 9.17) is 28.8 Å². The lowest BCUT2D eigenvalue weighted by Gasteiger charge is -2.36. The number of aromatic nitrogens is 2. The summed E-state index contributed by atoms with van der Waals surface area (Å²) >= 11 is 0. The first-order chi connectivity index (χ1) is 17.7. The molecular weight excluding hydrogens is 458 g/mol. The smallest absolute Gasteiger partial charge is 0.257 e. The Labute approximate surface area is 213 Å². The van der Waals surface area contributed by atoms with Crippen LogP contribution in [0.3, 0.4) is 0 Å². The first kappa shape index (κ1) is 24.6. The van der Waals surface area contributed by atoms with Crippen LogP contribution in [-0.2, 0) is 4.74 Å². The van der Waals surface area contributed by atoms with Gasteiger partial charge in [0.2, 0.25) is 0 Å². The highest BCUT2D eigenvalue weighted by molar-refractivity contribution is 5.84. The Morgan fingerprint density at radius 1 is 0.889 bits per heavy atom. The van der Waals surface area contributed by atoms with Crippen LogP contribution in [0.2, 0.25) is 0 Å². The van der Waals surface area contributed by atoms with Crippen molar-refractivity contribution in [3.05, 3.63) is 30.3 Å². The summed E-state index contributed by atoms with van der Waals surface area (Å²) in [6.07, 6.45) is 6.08. The molecule has 0 N–H and O–H groups in total. The van der Waals surface area contributed by atoms with Crippen molar-refractivity contribution < 1.29 is 23.7 Å². The van der Waals surface area contributed by atoms with Crippen LogP contribution in [0.15, 0.2) is 30.3 Å². The van der Waals surface area contributed by atoms with Crippen LogP contribution >= 0.6 is 0 Å². The number of fused-ring (bicyclic) bond motifs is 1. The van der Waals surface area contributed by atoms with Gasteiger partial charge in [0, 0.05) is 38.4 Å². The molecule has 8 heteroatoms. The lowest BCUT2D eigenvalue weighted by molar-refractivity contribution is 0.0678. The second-order valence-electron chi connectivity index (χ2n) is 9.73. The van der Waals surface area contributed by atoms with Gasteiger partial charge < -0.3 is 28.6 Å². The number of methoxy groups -OCH3 is 4. The Bertz CT molecular complexity index is 1160. The maximum atomic E-state index is 5.89. The number of benzene rings is 1. The van der Waals surface area contributed by atoms with Crippen LogP contribution < -0.4 is 23.8 Å². The third-order valence-corrected chi connectivity index (χ3v) is 7.60. The highest BCUT2D eigenvalue weighted by Gasteiger charge is 2.29. The molecule has 194 valence electrons. The average Bonchev–Trinajstić information content (AvgIpc) is 3.28. The van der Waals surface area contributed by atoms with Gasteiger partial charge in [-0.05, 0) is 49.7 Å². The Morgan fingerprint density at radius 3 is 2.11 bits per heavy atom. The van der Waals surface area contributed by atoms with E-state index in [9.17, 15) is 0 Å². The molecule has 36 heavy (non-hydrogen) atoms. The molecule has 0 radical (unpaired) electrons. The van der Waals surface area contributed by atoms with E-state index in [0.717, 1.165) is 67.5 Å². The predicted molar refractivity (Wildman–Crippen MR) is 140 cm³/mol. The third-order valence-electron chi connectivity index (χ3n) is 7.60. The van der Waals surface area contributed by atoms with E-state index in [1.165, 1.54) is 19.3 Å². The molecule has 3 heterocycles. The zero-order valence-corrected chi connectivity index (χ0v) is 21.8. The van der Waals surface area contributed by atoms with E-state index in [-0.39, 0.29) is 0 Å². The molecule has 1 saturated carbocycles. The van der Waals surface area contributed by atoms with Gasteiger partial charge in [-0.15, -0.1) is 5.10 Å². The fourth-order valence-corrected chi connectivity index (χ4v) is 5.40. The molecule has 1 aliphatic heterocycles. The molecule has 1 aliphatic carbocycles. The van der Waals surface area contributed by atoms with E-state index in [0.29, 0.717) is 29.0 Å². The van der Waals surface area contributed by atoms with Crippen LogP contribution in [0.1, 0.15) is 32.1 Å². The van der Waals surface area contributed by atoms with Crippen molar-refractivity contribution in [3.63, 3.8) is 0 Å². The molecule has 5 rings (SSSR count). The van der Waals surface area contributed by atoms with Gasteiger partial charge in [0.1, 0.15) is 22.9 Å². The molecule has 0 amide bonds. The fraction of sp³-hybridized carbons (Fsp3) is 0.536. The highest BCUT2D eigenvalue weighted by Crippen LogP contribution is 2.44. The topological polar surface area (TPSA) is 66.7 Å². The molecule has 0 unspecified atom stereocenters. The van der Waals surface area contributed by atoms with Crippen molar-refractivity contribution in [2.24, 2.45) is 11.8 Å². The van der Waals surface area contributed by atoms with Crippen molar-refractivity contribution in [2.75, 3.05) is 59.6 Å². The Balaban J connectivity index is 1.63. The quantitative estimate of drug-likeness (QED) is 0.389. The van der Waals surface area contributed by atoms with Gasteiger partial charge in [0.05, 0.1) is 45.2 Å². The third kappa shape index (κ3) is 4.66. The second kappa shape index (κ2) is 10.9. The number of nitrogens with zero attached hydrogens (tertiary/aromatic N) is 3. The molecule has 2 fully saturated rings. The van der Waals surface area contributed by atoms with Crippen LogP contribution in [0, 0.1) is 11.8 Å². The van der Waals surface area contributed by atoms with Crippen LogP contribution in [-0.4, -0.2) is 64.4 Å². The maximum Gasteiger partial charge on any atom is 0.257 e. The number of ether oxygens (including phenoxy) is 5. The zero-order chi connectivity index (χ0) is 25.1. The van der Waals surface area contributed by atoms with E-state index >= 15 is 0 Å². The molecule has 1 aromatic carbocycles. The van der Waals surface area contributed by atoms with Crippen LogP contribution in [0.5, 0.6) is 23.1 Å². The highest BCUT2D eigenvalue weighted by atomic mass is 16.5. The van der Waals surface area contributed by atoms with E-state index in [2.05, 4.69) is 17.0 Å². The SMILES string of the molecule is COc1cc(OC)c(-c2cccc3c(N(CC4CCC4)CC4CCOCC4)c(OC)nn23)c(OC)c1. The average molecular weight is 496 g/mol. The molecule has 2 aliphatic rings. The molecule has 3 aromatic rings. The van der Waals surface area contributed by atoms with E-state index < -0.39 is 0 Å². The van der Waals surface area contributed by atoms with Gasteiger partial charge in [-0.1, -0.05) is 12.5 Å². The Kier molecular flexibility index (Phi) is 7.41. The molecule has 1 saturated heterocycles. The summed E-state index contributed by atoms with van der Waals surface area (Å²) in [5.74, 6) is 3.94. The normalized spacial score (nSPS) is 16.6. The predicted octanol–water partition coefficient (Wildman–Crippen LogP) is 5.07. The number of pyridine rings is 1. The molecule has 2 aromatic heterocycles. The monoisotopic (exact) mass is 495 g/mol. The summed E-state index contributed by atoms with van der Waals surface area (Å²) in [7, 11) is 6.65. The fourth-order valence-electron chi connectivity index (χ4n) is 5.40. The van der Waals surface area contributed by atoms with Gasteiger partial charge >= 0.3 is 0 Å². The number of hydrogen-bond donors (Lipinski definition) is 0. The summed E-state index contributed by atoms with van der Waals surface area (Å²) in [6, 6.07) is 9.95. The molecule has 8 nitrogen and oxygen atoms in total. The van der Waals surface area contributed by atoms with Crippen molar-refractivity contribution in [1.29, 1.82) is 0 Å². The van der Waals surface area contributed by atoms with E-state index in [1.54, 1.807) is 28.4 Å². The molecule has 0 bridgehead atoms. The minimum absolute atomic E-state index is 0.600. The minimum atomic E-state index is 0.600. The lowest BCUT2D eigenvalue weighted by Crippen LogP contribution is -2.37. The molecule has 0 spiro atoms. The number of hydrogen-bond acceptors (Lipinski definition) is 7. The van der Waals surface area contributed by atoms with Gasteiger partial charge in [0.25, 0.3) is 5.88 Å². The first-order valence-electron chi connectivity index (χ1n) is 12.9. The lowest BCUT2D eigenvalue weighted by atomic mass is 9.84. The largest absolute Gasteiger partial charge is 0.496 e. The summed E-state index contributed by atoms with van der Waals surface area (Å²) in [5.41, 5.74) is 3.75. The Hall–Kier alpha value is -3.13. The standard InChI is InChI=1S/C28H37N3O5/c1-32-21-15-24(33-2)26(25(16-21)34-3)22-9-6-10-23-27(28(35-4)29-31(22)23)30(17-19-7-5-8-19)18-20-11-13-36-14-12-20/h6,9-10,15-16,19-20H,5,7-8,11-14,17-18H2,1-4H3. The van der Waals surface area contributed by atoms with Gasteiger partial charge in [-0.2, -0.15) is 0 Å². The van der Waals surface area contributed by atoms with Crippen LogP contribution in [0.4, 0.5) is 5.69 Å². The maximum absolute atomic E-state index is 5.89. The summed E-state index contributed by atoms with van der Waals surface area (Å²) in [6.45, 7) is 3.69. The van der Waals surface area contributed by atoms with Gasteiger partial charge in [-0.25, -0.2) is 4.52 Å². The summed E-state index contributed by atoms with van der Waals surface area (Å²) in [5, 5.41) is 4.95. The molecule has 0 atom stereocenters. The van der Waals surface area contributed by atoms with Crippen molar-refractivity contribution >= 4 is 11.2 Å². The minimum Gasteiger partial charge on any atom is -0.496 e. The van der Waals surface area contributed by atoms with Gasteiger partial charge in [0.15, 0.2) is 0 Å². The van der Waals surface area contributed by atoms with Crippen molar-refractivity contribution in [1.82, 2.24) is 9.61 Å². The number of anilines is 1. The van der Waals surface area contributed by atoms with Gasteiger partial charge in [-0.3, -0.25) is 0 Å². The molecular formula is C28H37N3O5. The van der Waals surface area contributed by atoms with E-state index in [1.807, 2.05) is 22.7 Å². The Morgan fingerprint density at radius 2 is 1.56 bits per heavy atom. The first-order valence-corrected chi connectivity index (χ1v) is 12.9. The van der Waals surface area contributed by atoms with Crippen molar-refractivity contribution in [3.8, 4) is 34.4 Å². The van der Waals surface area contributed by atoms with Crippen LogP contribution in [0.25, 0.3) is 16.8 Å². The summed E-state index contributed by atoms with van der Waals surface area (Å²) < 4.78 is 30.5. The second-order valence-corrected chi connectivity index (χ2v) is 9.73.